The highest BCUT2D eigenvalue weighted by Gasteiger charge is 2.22. The Hall–Kier alpha value is -1.53. The van der Waals surface area contributed by atoms with Crippen molar-refractivity contribution in [1.82, 2.24) is 4.90 Å². The van der Waals surface area contributed by atoms with E-state index in [4.69, 9.17) is 10.00 Å². The van der Waals surface area contributed by atoms with Crippen LogP contribution in [0.5, 0.6) is 5.75 Å². The van der Waals surface area contributed by atoms with Crippen LogP contribution in [0.15, 0.2) is 18.2 Å². The van der Waals surface area contributed by atoms with Gasteiger partial charge in [0.05, 0.1) is 18.7 Å². The molecular weight excluding hydrogens is 212 g/mol. The highest BCUT2D eigenvalue weighted by atomic mass is 16.5. The molecule has 2 rings (SSSR count). The van der Waals surface area contributed by atoms with Crippen molar-refractivity contribution < 1.29 is 4.74 Å². The predicted octanol–water partition coefficient (Wildman–Crippen LogP) is 2.55. The van der Waals surface area contributed by atoms with E-state index in [1.54, 1.807) is 13.2 Å². The van der Waals surface area contributed by atoms with E-state index in [0.29, 0.717) is 11.6 Å². The Bertz CT molecular complexity index is 432. The molecule has 3 heteroatoms. The smallest absolute Gasteiger partial charge is 0.123 e. The number of ether oxygens (including phenoxy) is 1. The van der Waals surface area contributed by atoms with Gasteiger partial charge in [0.2, 0.25) is 0 Å². The van der Waals surface area contributed by atoms with Crippen molar-refractivity contribution in [3.63, 3.8) is 0 Å². The maximum atomic E-state index is 8.92. The van der Waals surface area contributed by atoms with Crippen LogP contribution in [0.1, 0.15) is 30.4 Å². The fraction of sp³-hybridized carbons (Fsp3) is 0.500. The molecule has 0 N–H and O–H groups in total. The fourth-order valence-corrected chi connectivity index (χ4v) is 2.20. The van der Waals surface area contributed by atoms with Gasteiger partial charge in [-0.1, -0.05) is 6.42 Å². The van der Waals surface area contributed by atoms with Crippen LogP contribution in [-0.4, -0.2) is 25.1 Å². The number of hydrogen-bond donors (Lipinski definition) is 0. The van der Waals surface area contributed by atoms with Crippen LogP contribution in [0.3, 0.4) is 0 Å². The van der Waals surface area contributed by atoms with E-state index in [1.807, 2.05) is 12.1 Å². The van der Waals surface area contributed by atoms with E-state index >= 15 is 0 Å². The summed E-state index contributed by atoms with van der Waals surface area (Å²) in [5.41, 5.74) is 1.80. The fourth-order valence-electron chi connectivity index (χ4n) is 2.20. The van der Waals surface area contributed by atoms with E-state index in [2.05, 4.69) is 18.0 Å². The first kappa shape index (κ1) is 11.9. The van der Waals surface area contributed by atoms with Crippen LogP contribution in [-0.2, 0) is 6.54 Å². The number of benzene rings is 1. The van der Waals surface area contributed by atoms with Crippen LogP contribution in [0.25, 0.3) is 0 Å². The van der Waals surface area contributed by atoms with Gasteiger partial charge in [-0.2, -0.15) is 5.26 Å². The van der Waals surface area contributed by atoms with Gasteiger partial charge in [-0.3, -0.25) is 4.90 Å². The molecule has 0 amide bonds. The normalized spacial score (nSPS) is 15.4. The number of nitriles is 1. The predicted molar refractivity (Wildman–Crippen MR) is 66.8 cm³/mol. The van der Waals surface area contributed by atoms with Gasteiger partial charge in [-0.15, -0.1) is 0 Å². The molecule has 1 aromatic rings. The summed E-state index contributed by atoms with van der Waals surface area (Å²) in [5.74, 6) is 0.871. The lowest BCUT2D eigenvalue weighted by Crippen LogP contribution is -2.36. The van der Waals surface area contributed by atoms with Gasteiger partial charge >= 0.3 is 0 Å². The maximum Gasteiger partial charge on any atom is 0.123 e. The summed E-state index contributed by atoms with van der Waals surface area (Å²) in [6, 6.07) is 8.47. The van der Waals surface area contributed by atoms with Crippen molar-refractivity contribution in [2.45, 2.75) is 31.8 Å². The molecule has 90 valence electrons. The summed E-state index contributed by atoms with van der Waals surface area (Å²) in [6.07, 6.45) is 3.91. The molecule has 1 aliphatic carbocycles. The molecule has 0 saturated heterocycles. The third-order valence-electron chi connectivity index (χ3n) is 3.53. The molecule has 0 spiro atoms. The molecule has 0 unspecified atom stereocenters. The molecule has 0 aliphatic heterocycles. The summed E-state index contributed by atoms with van der Waals surface area (Å²) in [7, 11) is 3.82. The maximum absolute atomic E-state index is 8.92. The van der Waals surface area contributed by atoms with Crippen molar-refractivity contribution in [3.8, 4) is 11.8 Å². The van der Waals surface area contributed by atoms with Crippen LogP contribution < -0.4 is 4.74 Å². The minimum absolute atomic E-state index is 0.697. The molecule has 1 fully saturated rings. The summed E-state index contributed by atoms with van der Waals surface area (Å²) in [5, 5.41) is 8.92. The van der Waals surface area contributed by atoms with Crippen molar-refractivity contribution in [3.05, 3.63) is 29.3 Å². The second-order valence-electron chi connectivity index (χ2n) is 4.64. The molecule has 0 bridgehead atoms. The largest absolute Gasteiger partial charge is 0.496 e. The topological polar surface area (TPSA) is 36.3 Å². The molecule has 1 aliphatic rings. The first-order chi connectivity index (χ1) is 8.24. The highest BCUT2D eigenvalue weighted by Crippen LogP contribution is 2.27. The van der Waals surface area contributed by atoms with Gasteiger partial charge in [0.15, 0.2) is 0 Å². The van der Waals surface area contributed by atoms with Gasteiger partial charge in [0, 0.05) is 18.2 Å². The molecule has 1 saturated carbocycles. The minimum atomic E-state index is 0.697. The first-order valence-corrected chi connectivity index (χ1v) is 6.02. The number of nitrogens with zero attached hydrogens (tertiary/aromatic N) is 2. The molecule has 3 nitrogen and oxygen atoms in total. The van der Waals surface area contributed by atoms with E-state index in [9.17, 15) is 0 Å². The Morgan fingerprint density at radius 2 is 2.24 bits per heavy atom. The van der Waals surface area contributed by atoms with Crippen molar-refractivity contribution >= 4 is 0 Å². The Morgan fingerprint density at radius 3 is 2.76 bits per heavy atom. The van der Waals surface area contributed by atoms with Gasteiger partial charge in [-0.05, 0) is 38.1 Å². The van der Waals surface area contributed by atoms with Gasteiger partial charge in [0.25, 0.3) is 0 Å². The summed E-state index contributed by atoms with van der Waals surface area (Å²) >= 11 is 0. The lowest BCUT2D eigenvalue weighted by atomic mass is 9.91. The standard InChI is InChI=1S/C14H18N2O/c1-16(13-4-3-5-13)10-12-8-11(9-15)6-7-14(12)17-2/h6-8,13H,3-5,10H2,1-2H3. The zero-order valence-corrected chi connectivity index (χ0v) is 10.4. The Morgan fingerprint density at radius 1 is 1.47 bits per heavy atom. The van der Waals surface area contributed by atoms with Crippen LogP contribution >= 0.6 is 0 Å². The lowest BCUT2D eigenvalue weighted by molar-refractivity contribution is 0.151. The Labute approximate surface area is 103 Å². The molecule has 1 aromatic carbocycles. The number of rotatable bonds is 4. The third kappa shape index (κ3) is 2.59. The van der Waals surface area contributed by atoms with E-state index in [0.717, 1.165) is 17.9 Å². The Kier molecular flexibility index (Phi) is 3.65. The van der Waals surface area contributed by atoms with Gasteiger partial charge < -0.3 is 4.74 Å². The summed E-state index contributed by atoms with van der Waals surface area (Å²) in [4.78, 5) is 2.35. The van der Waals surface area contributed by atoms with E-state index in [-0.39, 0.29) is 0 Å². The van der Waals surface area contributed by atoms with E-state index in [1.165, 1.54) is 19.3 Å². The second kappa shape index (κ2) is 5.20. The minimum Gasteiger partial charge on any atom is -0.496 e. The Balaban J connectivity index is 2.14. The highest BCUT2D eigenvalue weighted by molar-refractivity contribution is 5.42. The SMILES string of the molecule is COc1ccc(C#N)cc1CN(C)C1CCC1. The average molecular weight is 230 g/mol. The molecule has 0 aromatic heterocycles. The zero-order chi connectivity index (χ0) is 12.3. The molecule has 0 heterocycles. The van der Waals surface area contributed by atoms with Gasteiger partial charge in [0.1, 0.15) is 5.75 Å². The summed E-state index contributed by atoms with van der Waals surface area (Å²) in [6.45, 7) is 0.851. The zero-order valence-electron chi connectivity index (χ0n) is 10.4. The summed E-state index contributed by atoms with van der Waals surface area (Å²) < 4.78 is 5.34. The average Bonchev–Trinajstić information content (AvgIpc) is 2.26. The molecular formula is C14H18N2O. The van der Waals surface area contributed by atoms with Gasteiger partial charge in [-0.25, -0.2) is 0 Å². The third-order valence-corrected chi connectivity index (χ3v) is 3.53. The van der Waals surface area contributed by atoms with Crippen molar-refractivity contribution in [2.24, 2.45) is 0 Å². The molecule has 0 radical (unpaired) electrons. The van der Waals surface area contributed by atoms with Crippen molar-refractivity contribution in [2.75, 3.05) is 14.2 Å². The van der Waals surface area contributed by atoms with Crippen molar-refractivity contribution in [1.29, 1.82) is 5.26 Å². The molecule has 0 atom stereocenters. The van der Waals surface area contributed by atoms with E-state index < -0.39 is 0 Å². The quantitative estimate of drug-likeness (QED) is 0.797. The van der Waals surface area contributed by atoms with Crippen LogP contribution in [0.4, 0.5) is 0 Å². The lowest BCUT2D eigenvalue weighted by Gasteiger charge is -2.35. The second-order valence-corrected chi connectivity index (χ2v) is 4.64. The first-order valence-electron chi connectivity index (χ1n) is 6.02. The van der Waals surface area contributed by atoms with Crippen LogP contribution in [0.2, 0.25) is 0 Å². The number of methoxy groups -OCH3 is 1. The number of hydrogen-bond acceptors (Lipinski definition) is 3. The van der Waals surface area contributed by atoms with Crippen LogP contribution in [0, 0.1) is 11.3 Å². The monoisotopic (exact) mass is 230 g/mol. The molecule has 17 heavy (non-hydrogen) atoms.